The molecule has 0 saturated heterocycles. The van der Waals surface area contributed by atoms with Crippen molar-refractivity contribution in [1.82, 2.24) is 20.4 Å². The van der Waals surface area contributed by atoms with Crippen molar-refractivity contribution in [2.45, 2.75) is 57.3 Å². The van der Waals surface area contributed by atoms with E-state index in [2.05, 4.69) is 35.9 Å². The van der Waals surface area contributed by atoms with Gasteiger partial charge in [-0.1, -0.05) is 83.2 Å². The van der Waals surface area contributed by atoms with E-state index >= 15 is 0 Å². The summed E-state index contributed by atoms with van der Waals surface area (Å²) in [5, 5.41) is 25.7. The number of carbonyl (C=O) groups is 2. The van der Waals surface area contributed by atoms with Crippen molar-refractivity contribution in [1.29, 1.82) is 0 Å². The van der Waals surface area contributed by atoms with Crippen LogP contribution < -0.4 is 10.6 Å². The second kappa shape index (κ2) is 12.2. The third-order valence-electron chi connectivity index (χ3n) is 6.60. The van der Waals surface area contributed by atoms with Gasteiger partial charge in [0.2, 0.25) is 22.1 Å². The minimum atomic E-state index is -0.188. The maximum Gasteiger partial charge on any atom is 0.230 e. The van der Waals surface area contributed by atoms with E-state index in [9.17, 15) is 9.59 Å². The number of hydrogen-bond donors (Lipinski definition) is 2. The van der Waals surface area contributed by atoms with Crippen molar-refractivity contribution < 1.29 is 9.59 Å². The summed E-state index contributed by atoms with van der Waals surface area (Å²) in [4.78, 5) is 28.4. The molecular weight excluding hydrogens is 530 g/mol. The van der Waals surface area contributed by atoms with E-state index in [0.717, 1.165) is 52.4 Å². The molecule has 9 nitrogen and oxygen atoms in total. The number of amides is 2. The van der Waals surface area contributed by atoms with Crippen molar-refractivity contribution in [3.05, 3.63) is 86.7 Å². The van der Waals surface area contributed by atoms with Gasteiger partial charge in [-0.15, -0.1) is 20.4 Å². The smallest absolute Gasteiger partial charge is 0.230 e. The molecular formula is C28H27N7O2S2. The Morgan fingerprint density at radius 1 is 0.872 bits per heavy atom. The molecule has 5 rings (SSSR count). The van der Waals surface area contributed by atoms with Gasteiger partial charge < -0.3 is 10.6 Å². The number of benzene rings is 2. The zero-order valence-corrected chi connectivity index (χ0v) is 23.0. The standard InChI is InChI=1S/C28H27N7O2S2/c1-17-6-3-7-18(12-17)14-23(36)30-27-34-32-25(38-27)20-9-5-10-21(16-20)26-33-35-28(39-26)31-24(37)15-19-8-4-11-22(13-19)29-2/h3-4,6-8,11-13,20-21H,5,9-10,14-16H2,1H3,(H,30,34,36)(H,31,35,37)/t20-,21-/m1/s1. The molecule has 1 aliphatic rings. The van der Waals surface area contributed by atoms with E-state index in [4.69, 9.17) is 6.57 Å². The lowest BCUT2D eigenvalue weighted by atomic mass is 9.82. The lowest BCUT2D eigenvalue weighted by molar-refractivity contribution is -0.116. The number of nitrogens with zero attached hydrogens (tertiary/aromatic N) is 5. The average Bonchev–Trinajstić information content (AvgIpc) is 3.59. The van der Waals surface area contributed by atoms with Crippen molar-refractivity contribution in [3.8, 4) is 0 Å². The first-order chi connectivity index (χ1) is 18.9. The van der Waals surface area contributed by atoms with Gasteiger partial charge in [0.05, 0.1) is 19.4 Å². The van der Waals surface area contributed by atoms with Crippen LogP contribution in [0.2, 0.25) is 0 Å². The summed E-state index contributed by atoms with van der Waals surface area (Å²) in [6.07, 6.45) is 4.38. The average molecular weight is 558 g/mol. The molecule has 0 spiro atoms. The second-order valence-electron chi connectivity index (χ2n) is 9.67. The lowest BCUT2D eigenvalue weighted by Gasteiger charge is -2.25. The molecule has 39 heavy (non-hydrogen) atoms. The van der Waals surface area contributed by atoms with Gasteiger partial charge >= 0.3 is 0 Å². The molecule has 0 unspecified atom stereocenters. The first kappa shape index (κ1) is 26.6. The molecule has 0 radical (unpaired) electrons. The van der Waals surface area contributed by atoms with Gasteiger partial charge in [-0.05, 0) is 37.3 Å². The maximum atomic E-state index is 12.5. The zero-order valence-electron chi connectivity index (χ0n) is 21.4. The van der Waals surface area contributed by atoms with Gasteiger partial charge in [-0.3, -0.25) is 9.59 Å². The lowest BCUT2D eigenvalue weighted by Crippen LogP contribution is -2.14. The van der Waals surface area contributed by atoms with Gasteiger partial charge in [0.1, 0.15) is 10.0 Å². The van der Waals surface area contributed by atoms with Crippen LogP contribution in [0.25, 0.3) is 4.85 Å². The summed E-state index contributed by atoms with van der Waals surface area (Å²) < 4.78 is 0. The number of carbonyl (C=O) groups excluding carboxylic acids is 2. The molecule has 198 valence electrons. The summed E-state index contributed by atoms with van der Waals surface area (Å²) in [5.41, 5.74) is 3.38. The van der Waals surface area contributed by atoms with Crippen molar-refractivity contribution in [3.63, 3.8) is 0 Å². The number of aryl methyl sites for hydroxylation is 1. The van der Waals surface area contributed by atoms with E-state index in [1.165, 1.54) is 22.7 Å². The van der Waals surface area contributed by atoms with Crippen LogP contribution in [0.4, 0.5) is 16.0 Å². The van der Waals surface area contributed by atoms with Gasteiger partial charge in [-0.2, -0.15) is 0 Å². The zero-order chi connectivity index (χ0) is 27.2. The Morgan fingerprint density at radius 3 is 2.00 bits per heavy atom. The number of hydrogen-bond acceptors (Lipinski definition) is 8. The van der Waals surface area contributed by atoms with Gasteiger partial charge in [0.15, 0.2) is 5.69 Å². The summed E-state index contributed by atoms with van der Waals surface area (Å²) >= 11 is 2.84. The van der Waals surface area contributed by atoms with Crippen molar-refractivity contribution >= 4 is 50.4 Å². The maximum absolute atomic E-state index is 12.5. The molecule has 2 N–H and O–H groups in total. The summed E-state index contributed by atoms with van der Waals surface area (Å²) in [6.45, 7) is 9.14. The van der Waals surface area contributed by atoms with E-state index in [1.807, 2.05) is 37.3 Å². The van der Waals surface area contributed by atoms with Gasteiger partial charge in [-0.25, -0.2) is 4.85 Å². The van der Waals surface area contributed by atoms with Crippen LogP contribution in [0.3, 0.4) is 0 Å². The van der Waals surface area contributed by atoms with Crippen molar-refractivity contribution in [2.75, 3.05) is 10.6 Å². The fourth-order valence-corrected chi connectivity index (χ4v) is 6.61. The summed E-state index contributed by atoms with van der Waals surface area (Å²) in [5.74, 6) is 0.172. The monoisotopic (exact) mass is 557 g/mol. The molecule has 1 fully saturated rings. The first-order valence-corrected chi connectivity index (χ1v) is 14.4. The molecule has 0 bridgehead atoms. The second-order valence-corrected chi connectivity index (χ2v) is 11.7. The molecule has 4 aromatic rings. The van der Waals surface area contributed by atoms with Crippen LogP contribution in [0.15, 0.2) is 48.5 Å². The fourth-order valence-electron chi connectivity index (χ4n) is 4.79. The predicted octanol–water partition coefficient (Wildman–Crippen LogP) is 6.05. The third kappa shape index (κ3) is 7.10. The van der Waals surface area contributed by atoms with E-state index in [1.54, 1.807) is 18.2 Å². The number of rotatable bonds is 8. The molecule has 2 aromatic heterocycles. The Balaban J connectivity index is 1.15. The Kier molecular flexibility index (Phi) is 8.34. The molecule has 11 heteroatoms. The van der Waals surface area contributed by atoms with Crippen LogP contribution in [0.1, 0.15) is 64.2 Å². The normalized spacial score (nSPS) is 16.8. The van der Waals surface area contributed by atoms with Gasteiger partial charge in [0.25, 0.3) is 0 Å². The Bertz CT molecular complexity index is 1520. The number of aromatic nitrogens is 4. The molecule has 2 heterocycles. The van der Waals surface area contributed by atoms with E-state index in [0.29, 0.717) is 22.4 Å². The SMILES string of the molecule is [C-]#[N+]c1cccc(CC(=O)Nc2nnc([C@@H]3CCC[C@@H](c4nnc(NC(=O)Cc5cccc(C)c5)s4)C3)s2)c1. The van der Waals surface area contributed by atoms with Crippen LogP contribution in [-0.4, -0.2) is 32.2 Å². The van der Waals surface area contributed by atoms with Crippen LogP contribution in [0, 0.1) is 13.5 Å². The summed E-state index contributed by atoms with van der Waals surface area (Å²) in [7, 11) is 0. The van der Waals surface area contributed by atoms with Crippen molar-refractivity contribution in [2.24, 2.45) is 0 Å². The third-order valence-corrected chi connectivity index (χ3v) is 8.60. The van der Waals surface area contributed by atoms with E-state index in [-0.39, 0.29) is 30.1 Å². The van der Waals surface area contributed by atoms with Gasteiger partial charge in [0, 0.05) is 11.8 Å². The molecule has 1 aliphatic carbocycles. The molecule has 1 saturated carbocycles. The highest BCUT2D eigenvalue weighted by Gasteiger charge is 2.29. The van der Waals surface area contributed by atoms with Crippen LogP contribution in [-0.2, 0) is 22.4 Å². The predicted molar refractivity (Wildman–Crippen MR) is 152 cm³/mol. The highest BCUT2D eigenvalue weighted by molar-refractivity contribution is 7.15. The van der Waals surface area contributed by atoms with E-state index < -0.39 is 0 Å². The topological polar surface area (TPSA) is 114 Å². The fraction of sp³-hybridized carbons (Fsp3) is 0.321. The largest absolute Gasteiger partial charge is 0.300 e. The molecule has 2 amide bonds. The Labute approximate surface area is 234 Å². The van der Waals surface area contributed by atoms with Crippen LogP contribution in [0.5, 0.6) is 0 Å². The summed E-state index contributed by atoms with van der Waals surface area (Å²) in [6, 6.07) is 15.0. The molecule has 0 aliphatic heterocycles. The Hall–Kier alpha value is -4.01. The quantitative estimate of drug-likeness (QED) is 0.255. The highest BCUT2D eigenvalue weighted by atomic mass is 32.1. The highest BCUT2D eigenvalue weighted by Crippen LogP contribution is 2.43. The molecule has 2 atom stereocenters. The molecule has 2 aromatic carbocycles. The number of anilines is 2. The Morgan fingerprint density at radius 2 is 1.44 bits per heavy atom. The minimum Gasteiger partial charge on any atom is -0.300 e. The first-order valence-electron chi connectivity index (χ1n) is 12.7. The number of nitrogens with one attached hydrogen (secondary N) is 2. The van der Waals surface area contributed by atoms with Crippen LogP contribution >= 0.6 is 22.7 Å². The minimum absolute atomic E-state index is 0.104.